The molecule has 0 N–H and O–H groups in total. The Labute approximate surface area is 496 Å². The van der Waals surface area contributed by atoms with Crippen molar-refractivity contribution in [3.63, 3.8) is 0 Å². The molecule has 0 saturated carbocycles. The van der Waals surface area contributed by atoms with E-state index in [9.17, 15) is 11.0 Å². The first-order valence-electron chi connectivity index (χ1n) is 34.8. The number of hydrogen-bond acceptors (Lipinski definition) is 2. The highest BCUT2D eigenvalue weighted by Crippen LogP contribution is 2.47. The highest BCUT2D eigenvalue weighted by atomic mass is 16.3. The molecule has 0 atom stereocenters. The zero-order valence-electron chi connectivity index (χ0n) is 59.4. The monoisotopic (exact) mass is 1060 g/mol. The van der Waals surface area contributed by atoms with Crippen molar-refractivity contribution in [2.75, 3.05) is 0 Å². The van der Waals surface area contributed by atoms with Gasteiger partial charge >= 0.3 is 0 Å². The number of hydrogen-bond donors (Lipinski definition) is 0. The molecule has 2 heteroatoms. The third kappa shape index (κ3) is 7.95. The van der Waals surface area contributed by atoms with Gasteiger partial charge in [0.1, 0.15) is 22.3 Å². The van der Waals surface area contributed by atoms with E-state index in [1.54, 1.807) is 12.1 Å². The van der Waals surface area contributed by atoms with E-state index in [-0.39, 0.29) is 97.0 Å². The molecule has 0 spiro atoms. The van der Waals surface area contributed by atoms with Crippen LogP contribution in [0.15, 0.2) is 312 Å². The Kier molecular flexibility index (Phi) is 8.00. The van der Waals surface area contributed by atoms with E-state index in [1.165, 1.54) is 0 Å². The first-order valence-corrected chi connectivity index (χ1v) is 26.8. The lowest BCUT2D eigenvalue weighted by Gasteiger charge is -2.18. The van der Waals surface area contributed by atoms with E-state index in [4.69, 9.17) is 19.8 Å². The van der Waals surface area contributed by atoms with Crippen LogP contribution in [0.1, 0.15) is 21.9 Å². The molecule has 2 aromatic heterocycles. The van der Waals surface area contributed by atoms with Crippen LogP contribution in [0.4, 0.5) is 0 Å². The van der Waals surface area contributed by atoms with Crippen LogP contribution in [-0.4, -0.2) is 0 Å². The van der Waals surface area contributed by atoms with Gasteiger partial charge in [-0.25, -0.2) is 0 Å². The second-order valence-corrected chi connectivity index (χ2v) is 20.2. The molecule has 17 rings (SSSR count). The van der Waals surface area contributed by atoms with E-state index in [2.05, 4.69) is 24.3 Å². The van der Waals surface area contributed by atoms with E-state index < -0.39 is 48.3 Å². The number of fused-ring (bicyclic) bond motifs is 11. The van der Waals surface area contributed by atoms with Gasteiger partial charge in [-0.05, 0) is 169 Å². The highest BCUT2D eigenvalue weighted by molar-refractivity contribution is 6.24. The third-order valence-corrected chi connectivity index (χ3v) is 15.6. The van der Waals surface area contributed by atoms with Crippen molar-refractivity contribution < 1.29 is 30.8 Å². The Hall–Kier alpha value is -10.8. The minimum absolute atomic E-state index is 0.169. The van der Waals surface area contributed by atoms with Gasteiger partial charge in [-0.1, -0.05) is 254 Å². The third-order valence-electron chi connectivity index (χ3n) is 15.6. The quantitative estimate of drug-likeness (QED) is 0.155. The number of furan rings is 2. The van der Waals surface area contributed by atoms with Crippen molar-refractivity contribution >= 4 is 97.7 Å². The van der Waals surface area contributed by atoms with Crippen molar-refractivity contribution in [1.29, 1.82) is 0 Å². The minimum Gasteiger partial charge on any atom is -0.456 e. The van der Waals surface area contributed by atoms with E-state index in [1.807, 2.05) is 170 Å². The van der Waals surface area contributed by atoms with E-state index >= 15 is 0 Å². The predicted molar refractivity (Wildman–Crippen MR) is 348 cm³/mol. The van der Waals surface area contributed by atoms with Crippen LogP contribution < -0.4 is 0 Å². The fraction of sp³-hybridized carbons (Fsp3) is 0. The first kappa shape index (κ1) is 33.6. The molecule has 0 unspecified atom stereocenters. The molecule has 0 aliphatic carbocycles. The lowest BCUT2D eigenvalue weighted by molar-refractivity contribution is 0.668. The molecule has 15 aromatic carbocycles. The average molecular weight is 1060 g/mol. The maximum absolute atomic E-state index is 9.23. The van der Waals surface area contributed by atoms with Crippen LogP contribution in [-0.2, 0) is 0 Å². The fourth-order valence-electron chi connectivity index (χ4n) is 11.9. The fourth-order valence-corrected chi connectivity index (χ4v) is 11.9. The van der Waals surface area contributed by atoms with Crippen LogP contribution in [0.5, 0.6) is 0 Å². The largest absolute Gasteiger partial charge is 0.456 e. The Balaban J connectivity index is 0.000000154. The number of benzene rings is 15. The summed E-state index contributed by atoms with van der Waals surface area (Å²) in [7, 11) is 0. The van der Waals surface area contributed by atoms with Gasteiger partial charge in [0.2, 0.25) is 0 Å². The lowest BCUT2D eigenvalue weighted by Crippen LogP contribution is -1.91. The predicted octanol–water partition coefficient (Wildman–Crippen LogP) is 22.9. The second-order valence-electron chi connectivity index (χ2n) is 20.2. The van der Waals surface area contributed by atoms with Crippen molar-refractivity contribution in [2.45, 2.75) is 0 Å². The molecule has 0 amide bonds. The van der Waals surface area contributed by atoms with Gasteiger partial charge in [-0.2, -0.15) is 0 Å². The summed E-state index contributed by atoms with van der Waals surface area (Å²) in [6.45, 7) is 0. The Morgan fingerprint density at radius 1 is 0.195 bits per heavy atom. The molecular weight excluding hydrogens is 993 g/mol. The van der Waals surface area contributed by atoms with Gasteiger partial charge < -0.3 is 8.83 Å². The van der Waals surface area contributed by atoms with Crippen molar-refractivity contribution in [3.05, 3.63) is 303 Å². The molecule has 2 nitrogen and oxygen atoms in total. The second kappa shape index (κ2) is 19.5. The summed E-state index contributed by atoms with van der Waals surface area (Å²) < 4.78 is 156. The molecule has 82 heavy (non-hydrogen) atoms. The van der Waals surface area contributed by atoms with Crippen LogP contribution in [0.2, 0.25) is 0 Å². The van der Waals surface area contributed by atoms with Gasteiger partial charge in [-0.3, -0.25) is 0 Å². The Morgan fingerprint density at radius 3 is 1.02 bits per heavy atom. The SMILES string of the molecule is [2H]c1c([2H])c([2H])c2c(-c3ccc4c(c3)oc3ccccc34)c3c([2H])c([2H])c([2H])c([2H])c3c(-c3ccc(-c4ccc5ccccc5c4)cc3)c2c1[2H].[2H]c1c([2H])c([2H])c2c(-c3ccc4c(c3)oc3ccccc34)c3c([2H])c([2H])c([2H])c([2H])c3c(-c3cccc(-c4ccccc4)c3)c2c1[2H]. The van der Waals surface area contributed by atoms with Gasteiger partial charge in [0.15, 0.2) is 0 Å². The summed E-state index contributed by atoms with van der Waals surface area (Å²) in [6.07, 6.45) is 0. The average Bonchev–Trinajstić information content (AvgIpc) is 0.748. The molecule has 0 aliphatic heterocycles. The molecule has 0 fully saturated rings. The number of para-hydroxylation sites is 2. The van der Waals surface area contributed by atoms with Crippen LogP contribution in [0.3, 0.4) is 0 Å². The van der Waals surface area contributed by atoms with Gasteiger partial charge in [-0.15, -0.1) is 0 Å². The minimum atomic E-state index is -0.434. The van der Waals surface area contributed by atoms with E-state index in [0.717, 1.165) is 54.6 Å². The lowest BCUT2D eigenvalue weighted by atomic mass is 9.85. The highest BCUT2D eigenvalue weighted by Gasteiger charge is 2.20. The van der Waals surface area contributed by atoms with Crippen molar-refractivity contribution in [2.24, 2.45) is 0 Å². The molecule has 0 bridgehead atoms. The Morgan fingerprint density at radius 2 is 0.524 bits per heavy atom. The van der Waals surface area contributed by atoms with Crippen molar-refractivity contribution in [3.8, 4) is 66.8 Å². The zero-order valence-corrected chi connectivity index (χ0v) is 43.4. The standard InChI is InChI=1S/C42H26O.C38H24O/c1-2-10-30-25-31(22-19-27(30)9-1)28-17-20-29(21-18-28)41-35-12-3-5-14-37(35)42(38-15-6-4-13-36(38)41)32-23-24-34-33-11-7-8-16-39(33)43-40(34)26-32;1-2-11-25(12-3-1)26-13-10-14-27(23-26)37-31-16-4-6-18-33(31)38(34-19-7-5-17-32(34)37)28-21-22-30-29-15-8-9-20-35(29)39-36(30)24-28/h1-26H;1-24H/i3D,4D,5D,6D,12D,13D,14D,15D;4D,5D,6D,7D,16D,17D,18D,19D. The molecule has 0 radical (unpaired) electrons. The van der Waals surface area contributed by atoms with Gasteiger partial charge in [0.25, 0.3) is 0 Å². The Bertz CT molecular complexity index is 6160. The summed E-state index contributed by atoms with van der Waals surface area (Å²) in [6, 6.07) is 59.5. The summed E-state index contributed by atoms with van der Waals surface area (Å²) in [5.74, 6) is 0. The van der Waals surface area contributed by atoms with Crippen molar-refractivity contribution in [1.82, 2.24) is 0 Å². The summed E-state index contributed by atoms with van der Waals surface area (Å²) in [5.41, 5.74) is 9.53. The zero-order chi connectivity index (χ0) is 68.0. The van der Waals surface area contributed by atoms with E-state index in [0.29, 0.717) is 61.3 Å². The maximum Gasteiger partial charge on any atom is 0.136 e. The normalized spacial score (nSPS) is 14.4. The molecule has 0 saturated heterocycles. The summed E-state index contributed by atoms with van der Waals surface area (Å²) in [4.78, 5) is 0. The molecule has 0 aliphatic rings. The number of rotatable bonds is 6. The first-order chi connectivity index (χ1) is 47.3. The maximum atomic E-state index is 9.23. The van der Waals surface area contributed by atoms with Crippen LogP contribution >= 0.6 is 0 Å². The smallest absolute Gasteiger partial charge is 0.136 e. The van der Waals surface area contributed by atoms with Gasteiger partial charge in [0, 0.05) is 21.5 Å². The topological polar surface area (TPSA) is 26.3 Å². The molecular formula is C80H50O2. The van der Waals surface area contributed by atoms with Gasteiger partial charge in [0.05, 0.1) is 21.9 Å². The van der Waals surface area contributed by atoms with Crippen LogP contribution in [0, 0.1) is 0 Å². The summed E-state index contributed by atoms with van der Waals surface area (Å²) in [5, 5.41) is 7.16. The molecule has 17 aromatic rings. The molecule has 382 valence electrons. The summed E-state index contributed by atoms with van der Waals surface area (Å²) >= 11 is 0. The molecule has 2 heterocycles. The van der Waals surface area contributed by atoms with Crippen LogP contribution in [0.25, 0.3) is 165 Å².